The molecule has 0 radical (unpaired) electrons. The van der Waals surface area contributed by atoms with E-state index in [-0.39, 0.29) is 5.97 Å². The summed E-state index contributed by atoms with van der Waals surface area (Å²) in [6.07, 6.45) is 11.4. The molecule has 0 amide bonds. The van der Waals surface area contributed by atoms with Crippen LogP contribution in [0.5, 0.6) is 0 Å². The van der Waals surface area contributed by atoms with Crippen molar-refractivity contribution in [1.82, 2.24) is 0 Å². The van der Waals surface area contributed by atoms with Crippen molar-refractivity contribution in [3.05, 3.63) is 107 Å². The van der Waals surface area contributed by atoms with Crippen molar-refractivity contribution in [3.63, 3.8) is 0 Å². The minimum absolute atomic E-state index is 0.362. The van der Waals surface area contributed by atoms with Crippen molar-refractivity contribution < 1.29 is 9.63 Å². The molecule has 30 heavy (non-hydrogen) atoms. The summed E-state index contributed by atoms with van der Waals surface area (Å²) in [5, 5.41) is 4.07. The molecule has 0 unspecified atom stereocenters. The van der Waals surface area contributed by atoms with Crippen molar-refractivity contribution in [2.45, 2.75) is 19.3 Å². The fraction of sp³-hybridized carbons (Fsp3) is 0.154. The van der Waals surface area contributed by atoms with E-state index in [4.69, 9.17) is 4.84 Å². The molecule has 0 saturated carbocycles. The zero-order chi connectivity index (χ0) is 20.5. The lowest BCUT2D eigenvalue weighted by Gasteiger charge is -2.24. The summed E-state index contributed by atoms with van der Waals surface area (Å²) < 4.78 is 0. The number of para-hydroxylation sites is 1. The summed E-state index contributed by atoms with van der Waals surface area (Å²) >= 11 is 0. The van der Waals surface area contributed by atoms with Crippen LogP contribution >= 0.6 is 0 Å². The lowest BCUT2D eigenvalue weighted by molar-refractivity contribution is -0.136. The Kier molecular flexibility index (Phi) is 4.68. The van der Waals surface area contributed by atoms with Crippen molar-refractivity contribution in [2.75, 3.05) is 11.9 Å². The van der Waals surface area contributed by atoms with E-state index < -0.39 is 0 Å². The molecule has 2 aromatic carbocycles. The third-order valence-corrected chi connectivity index (χ3v) is 5.71. The van der Waals surface area contributed by atoms with E-state index in [1.165, 1.54) is 22.4 Å². The summed E-state index contributed by atoms with van der Waals surface area (Å²) in [6.45, 7) is 0. The van der Waals surface area contributed by atoms with E-state index in [1.54, 1.807) is 0 Å². The Labute approximate surface area is 176 Å². The first-order valence-electron chi connectivity index (χ1n) is 10.2. The molecule has 0 bridgehead atoms. The molecule has 2 heterocycles. The Bertz CT molecular complexity index is 1170. The van der Waals surface area contributed by atoms with Crippen LogP contribution in [0.2, 0.25) is 0 Å². The Morgan fingerprint density at radius 2 is 1.83 bits per heavy atom. The SMILES string of the molecule is CN1C=CC(=CC2=CC(=C3C(=O)ON=C3c3ccccc3)CCC2)c2ccccc21. The second-order valence-corrected chi connectivity index (χ2v) is 7.70. The van der Waals surface area contributed by atoms with Gasteiger partial charge in [0.2, 0.25) is 0 Å². The summed E-state index contributed by atoms with van der Waals surface area (Å²) in [6, 6.07) is 18.2. The summed E-state index contributed by atoms with van der Waals surface area (Å²) in [5.74, 6) is -0.362. The molecule has 3 aliphatic rings. The predicted molar refractivity (Wildman–Crippen MR) is 120 cm³/mol. The molecule has 0 N–H and O–H groups in total. The number of anilines is 1. The first-order valence-corrected chi connectivity index (χ1v) is 10.2. The molecular weight excluding hydrogens is 372 g/mol. The second kappa shape index (κ2) is 7.64. The van der Waals surface area contributed by atoms with Gasteiger partial charge in [-0.2, -0.15) is 0 Å². The first kappa shape index (κ1) is 18.4. The maximum Gasteiger partial charge on any atom is 0.368 e. The molecule has 1 aliphatic carbocycles. The minimum Gasteiger partial charge on any atom is -0.351 e. The zero-order valence-corrected chi connectivity index (χ0v) is 16.8. The molecule has 4 nitrogen and oxygen atoms in total. The fourth-order valence-corrected chi connectivity index (χ4v) is 4.23. The van der Waals surface area contributed by atoms with Crippen LogP contribution in [-0.4, -0.2) is 18.7 Å². The van der Waals surface area contributed by atoms with Crippen molar-refractivity contribution in [2.24, 2.45) is 5.16 Å². The van der Waals surface area contributed by atoms with Crippen LogP contribution in [0, 0.1) is 0 Å². The van der Waals surface area contributed by atoms with Crippen molar-refractivity contribution in [3.8, 4) is 0 Å². The standard InChI is InChI=1S/C26H22N2O2/c1-28-15-14-20(22-12-5-6-13-23(22)28)16-18-8-7-11-21(17-18)24-25(27-30-26(24)29)19-9-3-2-4-10-19/h2-6,9-10,12-17H,7-8,11H2,1H3. The van der Waals surface area contributed by atoms with Crippen LogP contribution in [-0.2, 0) is 9.63 Å². The molecule has 5 rings (SSSR count). The Hall–Kier alpha value is -3.66. The van der Waals surface area contributed by atoms with Crippen molar-refractivity contribution in [1.29, 1.82) is 0 Å². The zero-order valence-electron chi connectivity index (χ0n) is 16.8. The summed E-state index contributed by atoms with van der Waals surface area (Å²) in [4.78, 5) is 19.7. The number of carbonyl (C=O) groups excluding carboxylic acids is 1. The predicted octanol–water partition coefficient (Wildman–Crippen LogP) is 5.40. The van der Waals surface area contributed by atoms with Gasteiger partial charge in [0.05, 0.1) is 5.57 Å². The van der Waals surface area contributed by atoms with Gasteiger partial charge in [-0.15, -0.1) is 0 Å². The van der Waals surface area contributed by atoms with Crippen LogP contribution in [0.3, 0.4) is 0 Å². The number of hydrogen-bond acceptors (Lipinski definition) is 4. The third-order valence-electron chi connectivity index (χ3n) is 5.71. The number of oxime groups is 1. The first-order chi connectivity index (χ1) is 14.7. The van der Waals surface area contributed by atoms with E-state index in [0.29, 0.717) is 11.3 Å². The smallest absolute Gasteiger partial charge is 0.351 e. The topological polar surface area (TPSA) is 41.9 Å². The Morgan fingerprint density at radius 1 is 1.03 bits per heavy atom. The Balaban J connectivity index is 1.55. The second-order valence-electron chi connectivity index (χ2n) is 7.70. The normalized spacial score (nSPS) is 22.0. The average Bonchev–Trinajstić information content (AvgIpc) is 3.18. The molecule has 0 fully saturated rings. The third kappa shape index (κ3) is 3.30. The highest BCUT2D eigenvalue weighted by molar-refractivity contribution is 6.29. The monoisotopic (exact) mass is 394 g/mol. The minimum atomic E-state index is -0.362. The number of carbonyl (C=O) groups is 1. The molecular formula is C26H22N2O2. The van der Waals surface area contributed by atoms with Gasteiger partial charge in [-0.25, -0.2) is 4.79 Å². The average molecular weight is 394 g/mol. The van der Waals surface area contributed by atoms with Gasteiger partial charge in [-0.1, -0.05) is 65.8 Å². The highest BCUT2D eigenvalue weighted by Gasteiger charge is 2.30. The van der Waals surface area contributed by atoms with E-state index >= 15 is 0 Å². The number of allylic oxidation sites excluding steroid dienone is 6. The lowest BCUT2D eigenvalue weighted by Crippen LogP contribution is -2.13. The number of hydrogen-bond donors (Lipinski definition) is 0. The van der Waals surface area contributed by atoms with Crippen LogP contribution in [0.15, 0.2) is 101 Å². The van der Waals surface area contributed by atoms with Gasteiger partial charge in [0, 0.05) is 30.1 Å². The van der Waals surface area contributed by atoms with Crippen LogP contribution in [0.1, 0.15) is 30.4 Å². The number of fused-ring (bicyclic) bond motifs is 1. The highest BCUT2D eigenvalue weighted by atomic mass is 16.7. The summed E-state index contributed by atoms with van der Waals surface area (Å²) in [5.41, 5.74) is 7.94. The van der Waals surface area contributed by atoms with E-state index in [1.807, 2.05) is 30.3 Å². The molecule has 0 saturated heterocycles. The van der Waals surface area contributed by atoms with E-state index in [2.05, 4.69) is 65.8 Å². The van der Waals surface area contributed by atoms with E-state index in [0.717, 1.165) is 30.4 Å². The lowest BCUT2D eigenvalue weighted by atomic mass is 9.87. The maximum absolute atomic E-state index is 12.5. The van der Waals surface area contributed by atoms with Gasteiger partial charge in [0.25, 0.3) is 0 Å². The molecule has 0 spiro atoms. The van der Waals surface area contributed by atoms with Crippen LogP contribution in [0.4, 0.5) is 5.69 Å². The molecule has 4 heteroatoms. The molecule has 0 aromatic heterocycles. The largest absolute Gasteiger partial charge is 0.368 e. The van der Waals surface area contributed by atoms with Gasteiger partial charge >= 0.3 is 5.97 Å². The molecule has 2 aliphatic heterocycles. The van der Waals surface area contributed by atoms with Gasteiger partial charge in [0.15, 0.2) is 0 Å². The molecule has 148 valence electrons. The highest BCUT2D eigenvalue weighted by Crippen LogP contribution is 2.35. The van der Waals surface area contributed by atoms with Gasteiger partial charge in [-0.3, -0.25) is 0 Å². The number of nitrogens with zero attached hydrogens (tertiary/aromatic N) is 2. The van der Waals surface area contributed by atoms with Crippen molar-refractivity contribution >= 4 is 22.9 Å². The van der Waals surface area contributed by atoms with E-state index in [9.17, 15) is 4.79 Å². The number of benzene rings is 2. The maximum atomic E-state index is 12.5. The van der Waals surface area contributed by atoms with Gasteiger partial charge in [0.1, 0.15) is 5.71 Å². The van der Waals surface area contributed by atoms with Crippen LogP contribution in [0.25, 0.3) is 5.57 Å². The van der Waals surface area contributed by atoms with Crippen LogP contribution < -0.4 is 4.90 Å². The molecule has 0 atom stereocenters. The Morgan fingerprint density at radius 3 is 2.70 bits per heavy atom. The fourth-order valence-electron chi connectivity index (χ4n) is 4.23. The van der Waals surface area contributed by atoms with Gasteiger partial charge in [-0.05, 0) is 48.1 Å². The quantitative estimate of drug-likeness (QED) is 0.506. The number of rotatable bonds is 2. The molecule has 2 aromatic rings. The summed E-state index contributed by atoms with van der Waals surface area (Å²) in [7, 11) is 2.06. The van der Waals surface area contributed by atoms with Gasteiger partial charge < -0.3 is 9.74 Å².